The standard InChI is InChI=1S/C21H32N2O2.ClH/c1-16(18-9-5-11-22-14-18)13-20(24)23-15-19-10-6-12-25-21(19)17-7-3-2-4-8-17;/h2-4,7-8,16,18-19,21-22H,5-6,9-15H2,1H3,(H,23,24);1H. The molecule has 4 atom stereocenters. The molecule has 2 heterocycles. The van der Waals surface area contributed by atoms with E-state index in [2.05, 4.69) is 41.8 Å². The van der Waals surface area contributed by atoms with Gasteiger partial charge in [-0.25, -0.2) is 0 Å². The second-order valence-corrected chi connectivity index (χ2v) is 7.70. The molecule has 0 saturated carbocycles. The minimum Gasteiger partial charge on any atom is -0.373 e. The number of hydrogen-bond acceptors (Lipinski definition) is 3. The fourth-order valence-electron chi connectivity index (χ4n) is 4.20. The molecule has 146 valence electrons. The average molecular weight is 381 g/mol. The van der Waals surface area contributed by atoms with Crippen molar-refractivity contribution < 1.29 is 9.53 Å². The highest BCUT2D eigenvalue weighted by Gasteiger charge is 2.28. The maximum absolute atomic E-state index is 12.4. The number of carbonyl (C=O) groups is 1. The zero-order valence-corrected chi connectivity index (χ0v) is 16.6. The number of nitrogens with one attached hydrogen (secondary N) is 2. The first-order chi connectivity index (χ1) is 12.2. The molecule has 2 saturated heterocycles. The van der Waals surface area contributed by atoms with Crippen molar-refractivity contribution in [1.82, 2.24) is 10.6 Å². The van der Waals surface area contributed by atoms with Gasteiger partial charge in [0.1, 0.15) is 0 Å². The van der Waals surface area contributed by atoms with E-state index in [1.165, 1.54) is 18.4 Å². The molecule has 2 aliphatic rings. The van der Waals surface area contributed by atoms with E-state index in [1.807, 2.05) is 6.07 Å². The maximum atomic E-state index is 12.4. The highest BCUT2D eigenvalue weighted by Crippen LogP contribution is 2.33. The molecule has 2 N–H and O–H groups in total. The summed E-state index contributed by atoms with van der Waals surface area (Å²) in [6, 6.07) is 10.4. The van der Waals surface area contributed by atoms with Crippen LogP contribution < -0.4 is 10.6 Å². The Morgan fingerprint density at radius 2 is 2.08 bits per heavy atom. The van der Waals surface area contributed by atoms with E-state index in [-0.39, 0.29) is 24.4 Å². The molecule has 1 aromatic carbocycles. The summed E-state index contributed by atoms with van der Waals surface area (Å²) in [6.45, 7) is 5.93. The number of halogens is 1. The van der Waals surface area contributed by atoms with E-state index in [1.54, 1.807) is 0 Å². The summed E-state index contributed by atoms with van der Waals surface area (Å²) >= 11 is 0. The SMILES string of the molecule is CC(CC(=O)NCC1CCCOC1c1ccccc1)C1CCCNC1.Cl. The Labute approximate surface area is 163 Å². The van der Waals surface area contributed by atoms with Gasteiger partial charge < -0.3 is 15.4 Å². The molecule has 2 aliphatic heterocycles. The van der Waals surface area contributed by atoms with Crippen LogP contribution in [0.15, 0.2) is 30.3 Å². The number of benzene rings is 1. The van der Waals surface area contributed by atoms with Gasteiger partial charge in [0, 0.05) is 25.5 Å². The number of hydrogen-bond donors (Lipinski definition) is 2. The minimum absolute atomic E-state index is 0. The molecule has 3 rings (SSSR count). The molecule has 0 aliphatic carbocycles. The fourth-order valence-corrected chi connectivity index (χ4v) is 4.20. The average Bonchev–Trinajstić information content (AvgIpc) is 2.68. The van der Waals surface area contributed by atoms with E-state index in [9.17, 15) is 4.79 Å². The topological polar surface area (TPSA) is 50.4 Å². The largest absolute Gasteiger partial charge is 0.373 e. The second-order valence-electron chi connectivity index (χ2n) is 7.70. The number of rotatable bonds is 6. The Hall–Kier alpha value is -1.10. The van der Waals surface area contributed by atoms with E-state index in [0.717, 1.165) is 32.5 Å². The third-order valence-electron chi connectivity index (χ3n) is 5.78. The van der Waals surface area contributed by atoms with Crippen LogP contribution in [0.3, 0.4) is 0 Å². The van der Waals surface area contributed by atoms with Crippen LogP contribution >= 0.6 is 12.4 Å². The van der Waals surface area contributed by atoms with Gasteiger partial charge in [-0.3, -0.25) is 4.79 Å². The summed E-state index contributed by atoms with van der Waals surface area (Å²) in [4.78, 5) is 12.4. The predicted octanol–water partition coefficient (Wildman–Crippen LogP) is 3.72. The normalized spacial score (nSPS) is 27.2. The Morgan fingerprint density at radius 1 is 1.27 bits per heavy atom. The summed E-state index contributed by atoms with van der Waals surface area (Å²) in [5.41, 5.74) is 1.23. The molecule has 1 amide bonds. The van der Waals surface area contributed by atoms with Gasteiger partial charge in [-0.1, -0.05) is 37.3 Å². The van der Waals surface area contributed by atoms with Crippen molar-refractivity contribution in [3.05, 3.63) is 35.9 Å². The van der Waals surface area contributed by atoms with E-state index in [0.29, 0.717) is 30.7 Å². The second kappa shape index (κ2) is 10.9. The lowest BCUT2D eigenvalue weighted by molar-refractivity contribution is -0.123. The maximum Gasteiger partial charge on any atom is 0.220 e. The molecule has 0 radical (unpaired) electrons. The van der Waals surface area contributed by atoms with Gasteiger partial charge in [0.05, 0.1) is 6.10 Å². The van der Waals surface area contributed by atoms with Crippen molar-refractivity contribution in [3.8, 4) is 0 Å². The molecule has 2 fully saturated rings. The zero-order chi connectivity index (χ0) is 17.5. The monoisotopic (exact) mass is 380 g/mol. The van der Waals surface area contributed by atoms with Crippen LogP contribution in [0.25, 0.3) is 0 Å². The Kier molecular flexibility index (Phi) is 8.89. The van der Waals surface area contributed by atoms with Crippen LogP contribution in [0.1, 0.15) is 50.7 Å². The van der Waals surface area contributed by atoms with Crippen molar-refractivity contribution in [2.45, 2.75) is 45.1 Å². The molecular weight excluding hydrogens is 348 g/mol. The molecule has 0 bridgehead atoms. The van der Waals surface area contributed by atoms with Crippen molar-refractivity contribution in [3.63, 3.8) is 0 Å². The molecule has 26 heavy (non-hydrogen) atoms. The first kappa shape index (κ1) is 21.2. The number of piperidine rings is 1. The lowest BCUT2D eigenvalue weighted by atomic mass is 9.85. The van der Waals surface area contributed by atoms with Crippen LogP contribution in [-0.2, 0) is 9.53 Å². The van der Waals surface area contributed by atoms with Gasteiger partial charge >= 0.3 is 0 Å². The number of amides is 1. The van der Waals surface area contributed by atoms with Crippen molar-refractivity contribution >= 4 is 18.3 Å². The van der Waals surface area contributed by atoms with Gasteiger partial charge in [0.25, 0.3) is 0 Å². The van der Waals surface area contributed by atoms with Gasteiger partial charge in [-0.2, -0.15) is 0 Å². The highest BCUT2D eigenvalue weighted by molar-refractivity contribution is 5.85. The van der Waals surface area contributed by atoms with Crippen molar-refractivity contribution in [2.24, 2.45) is 17.8 Å². The first-order valence-corrected chi connectivity index (χ1v) is 9.88. The highest BCUT2D eigenvalue weighted by atomic mass is 35.5. The quantitative estimate of drug-likeness (QED) is 0.790. The summed E-state index contributed by atoms with van der Waals surface area (Å²) in [6.07, 6.45) is 5.41. The van der Waals surface area contributed by atoms with Crippen molar-refractivity contribution in [1.29, 1.82) is 0 Å². The predicted molar refractivity (Wildman–Crippen MR) is 107 cm³/mol. The molecule has 0 spiro atoms. The number of ether oxygens (including phenoxy) is 1. The molecule has 1 aromatic rings. The Morgan fingerprint density at radius 3 is 2.81 bits per heavy atom. The van der Waals surface area contributed by atoms with Crippen LogP contribution in [0.4, 0.5) is 0 Å². The summed E-state index contributed by atoms with van der Waals surface area (Å²) < 4.78 is 6.03. The van der Waals surface area contributed by atoms with Crippen molar-refractivity contribution in [2.75, 3.05) is 26.2 Å². The fraction of sp³-hybridized carbons (Fsp3) is 0.667. The van der Waals surface area contributed by atoms with Gasteiger partial charge in [-0.15, -0.1) is 12.4 Å². The zero-order valence-electron chi connectivity index (χ0n) is 15.8. The van der Waals surface area contributed by atoms with Crippen LogP contribution in [-0.4, -0.2) is 32.1 Å². The Balaban J connectivity index is 0.00000243. The van der Waals surface area contributed by atoms with Gasteiger partial charge in [0.2, 0.25) is 5.91 Å². The van der Waals surface area contributed by atoms with Gasteiger partial charge in [0.15, 0.2) is 0 Å². The lowest BCUT2D eigenvalue weighted by Gasteiger charge is -2.32. The molecule has 5 heteroatoms. The first-order valence-electron chi connectivity index (χ1n) is 9.88. The van der Waals surface area contributed by atoms with E-state index < -0.39 is 0 Å². The van der Waals surface area contributed by atoms with Crippen LogP contribution in [0, 0.1) is 17.8 Å². The third kappa shape index (κ3) is 5.97. The summed E-state index contributed by atoms with van der Waals surface area (Å²) in [7, 11) is 0. The molecular formula is C21H33ClN2O2. The van der Waals surface area contributed by atoms with E-state index >= 15 is 0 Å². The minimum atomic E-state index is 0. The third-order valence-corrected chi connectivity index (χ3v) is 5.78. The molecule has 4 nitrogen and oxygen atoms in total. The number of carbonyl (C=O) groups excluding carboxylic acids is 1. The lowest BCUT2D eigenvalue weighted by Crippen LogP contribution is -2.38. The molecule has 0 aromatic heterocycles. The Bertz CT molecular complexity index is 534. The van der Waals surface area contributed by atoms with Crippen LogP contribution in [0.2, 0.25) is 0 Å². The summed E-state index contributed by atoms with van der Waals surface area (Å²) in [5.74, 6) is 1.64. The summed E-state index contributed by atoms with van der Waals surface area (Å²) in [5, 5.41) is 6.63. The molecule has 4 unspecified atom stereocenters. The van der Waals surface area contributed by atoms with Crippen LogP contribution in [0.5, 0.6) is 0 Å². The van der Waals surface area contributed by atoms with E-state index in [4.69, 9.17) is 4.74 Å². The van der Waals surface area contributed by atoms with Gasteiger partial charge in [-0.05, 0) is 56.2 Å². The smallest absolute Gasteiger partial charge is 0.220 e.